The van der Waals surface area contributed by atoms with Gasteiger partial charge in [-0.1, -0.05) is 49.1 Å². The van der Waals surface area contributed by atoms with Gasteiger partial charge in [0.1, 0.15) is 6.10 Å². The summed E-state index contributed by atoms with van der Waals surface area (Å²) in [5.74, 6) is 8.55. The lowest BCUT2D eigenvalue weighted by Gasteiger charge is -2.01. The first-order valence-corrected chi connectivity index (χ1v) is 6.49. The van der Waals surface area contributed by atoms with E-state index in [1.165, 1.54) is 6.42 Å². The van der Waals surface area contributed by atoms with Crippen LogP contribution in [0.5, 0.6) is 0 Å². The molecular weight excluding hydrogens is 220 g/mol. The summed E-state index contributed by atoms with van der Waals surface area (Å²) in [4.78, 5) is 0. The summed E-state index contributed by atoms with van der Waals surface area (Å²) in [6, 6.07) is 9.52. The summed E-state index contributed by atoms with van der Waals surface area (Å²) >= 11 is 0. The van der Waals surface area contributed by atoms with Crippen molar-refractivity contribution in [3.8, 4) is 24.2 Å². The molecule has 94 valence electrons. The topological polar surface area (TPSA) is 20.2 Å². The number of rotatable bonds is 6. The molecule has 0 fully saturated rings. The smallest absolute Gasteiger partial charge is 0.140 e. The van der Waals surface area contributed by atoms with Crippen molar-refractivity contribution >= 4 is 0 Å². The van der Waals surface area contributed by atoms with Crippen molar-refractivity contribution in [3.05, 3.63) is 35.9 Å². The summed E-state index contributed by atoms with van der Waals surface area (Å²) in [6.45, 7) is 0. The van der Waals surface area contributed by atoms with Gasteiger partial charge in [0.2, 0.25) is 0 Å². The van der Waals surface area contributed by atoms with Gasteiger partial charge >= 0.3 is 0 Å². The van der Waals surface area contributed by atoms with Gasteiger partial charge in [-0.05, 0) is 18.4 Å². The molecule has 0 aliphatic carbocycles. The van der Waals surface area contributed by atoms with Crippen LogP contribution in [0.3, 0.4) is 0 Å². The maximum atomic E-state index is 9.80. The third kappa shape index (κ3) is 6.14. The number of hydrogen-bond donors (Lipinski definition) is 1. The number of aliphatic hydroxyl groups excluding tert-OH is 1. The maximum absolute atomic E-state index is 9.80. The molecule has 1 heteroatoms. The minimum atomic E-state index is -0.660. The average Bonchev–Trinajstić information content (AvgIpc) is 2.42. The average molecular weight is 240 g/mol. The Morgan fingerprint density at radius 3 is 2.33 bits per heavy atom. The highest BCUT2D eigenvalue weighted by atomic mass is 16.3. The van der Waals surface area contributed by atoms with Crippen molar-refractivity contribution in [2.45, 2.75) is 44.6 Å². The summed E-state index contributed by atoms with van der Waals surface area (Å²) in [5, 5.41) is 9.80. The van der Waals surface area contributed by atoms with Gasteiger partial charge in [0, 0.05) is 12.8 Å². The van der Waals surface area contributed by atoms with Crippen molar-refractivity contribution < 1.29 is 5.11 Å². The standard InChI is InChI=1S/C17H20O/c1-2-3-4-5-6-7-8-12-15-17(18)16-13-10-9-11-14-16/h1,9-11,13-14,17-18H,3-8H2. The lowest BCUT2D eigenvalue weighted by Crippen LogP contribution is -1.92. The quantitative estimate of drug-likeness (QED) is 0.594. The Bertz CT molecular complexity index is 416. The van der Waals surface area contributed by atoms with Crippen LogP contribution in [0, 0.1) is 24.2 Å². The molecule has 1 rings (SSSR count). The molecule has 0 spiro atoms. The van der Waals surface area contributed by atoms with Crippen molar-refractivity contribution in [2.75, 3.05) is 0 Å². The summed E-state index contributed by atoms with van der Waals surface area (Å²) in [7, 11) is 0. The van der Waals surface area contributed by atoms with Crippen molar-refractivity contribution in [1.82, 2.24) is 0 Å². The molecule has 1 aromatic carbocycles. The fourth-order valence-electron chi connectivity index (χ4n) is 1.68. The Labute approximate surface area is 110 Å². The van der Waals surface area contributed by atoms with Crippen LogP contribution in [0.15, 0.2) is 30.3 Å². The number of unbranched alkanes of at least 4 members (excludes halogenated alkanes) is 5. The summed E-state index contributed by atoms with van der Waals surface area (Å²) in [6.07, 6.45) is 10.8. The normalized spacial score (nSPS) is 11.1. The van der Waals surface area contributed by atoms with Gasteiger partial charge in [0.05, 0.1) is 0 Å². The third-order valence-electron chi connectivity index (χ3n) is 2.73. The number of terminal acetylenes is 1. The zero-order chi connectivity index (χ0) is 13.1. The van der Waals surface area contributed by atoms with Crippen molar-refractivity contribution in [3.63, 3.8) is 0 Å². The molecule has 1 unspecified atom stereocenters. The fraction of sp³-hybridized carbons (Fsp3) is 0.412. The molecule has 0 aliphatic rings. The maximum Gasteiger partial charge on any atom is 0.140 e. The first-order valence-electron chi connectivity index (χ1n) is 6.49. The molecule has 0 aromatic heterocycles. The second-order valence-corrected chi connectivity index (χ2v) is 4.25. The van der Waals surface area contributed by atoms with E-state index in [1.807, 2.05) is 30.3 Å². The van der Waals surface area contributed by atoms with Crippen LogP contribution >= 0.6 is 0 Å². The van der Waals surface area contributed by atoms with E-state index in [0.29, 0.717) is 0 Å². The molecule has 0 saturated carbocycles. The van der Waals surface area contributed by atoms with Crippen LogP contribution in [-0.4, -0.2) is 5.11 Å². The summed E-state index contributed by atoms with van der Waals surface area (Å²) < 4.78 is 0. The predicted octanol–water partition coefficient (Wildman–Crippen LogP) is 3.70. The summed E-state index contributed by atoms with van der Waals surface area (Å²) in [5.41, 5.74) is 0.860. The second-order valence-electron chi connectivity index (χ2n) is 4.25. The molecule has 1 aromatic rings. The largest absolute Gasteiger partial charge is 0.376 e. The Balaban J connectivity index is 2.16. The monoisotopic (exact) mass is 240 g/mol. The first-order chi connectivity index (χ1) is 8.84. The van der Waals surface area contributed by atoms with Gasteiger partial charge in [-0.15, -0.1) is 18.3 Å². The van der Waals surface area contributed by atoms with Gasteiger partial charge in [-0.25, -0.2) is 0 Å². The lowest BCUT2D eigenvalue weighted by molar-refractivity contribution is 0.238. The van der Waals surface area contributed by atoms with Gasteiger partial charge in [-0.3, -0.25) is 0 Å². The number of aliphatic hydroxyl groups is 1. The second kappa shape index (κ2) is 9.34. The minimum absolute atomic E-state index is 0.660. The van der Waals surface area contributed by atoms with E-state index < -0.39 is 6.10 Å². The molecular formula is C17H20O. The van der Waals surface area contributed by atoms with E-state index in [2.05, 4.69) is 17.8 Å². The molecule has 18 heavy (non-hydrogen) atoms. The van der Waals surface area contributed by atoms with E-state index in [0.717, 1.165) is 37.7 Å². The Kier molecular flexibility index (Phi) is 7.45. The minimum Gasteiger partial charge on any atom is -0.376 e. The third-order valence-corrected chi connectivity index (χ3v) is 2.73. The van der Waals surface area contributed by atoms with Crippen LogP contribution in [0.1, 0.15) is 50.2 Å². The molecule has 1 atom stereocenters. The van der Waals surface area contributed by atoms with Crippen LogP contribution in [-0.2, 0) is 0 Å². The Hall–Kier alpha value is -1.70. The van der Waals surface area contributed by atoms with Gasteiger partial charge < -0.3 is 5.11 Å². The lowest BCUT2D eigenvalue weighted by atomic mass is 10.1. The van der Waals surface area contributed by atoms with Crippen molar-refractivity contribution in [1.29, 1.82) is 0 Å². The Morgan fingerprint density at radius 1 is 1.00 bits per heavy atom. The molecule has 0 aliphatic heterocycles. The zero-order valence-electron chi connectivity index (χ0n) is 10.7. The molecule has 1 N–H and O–H groups in total. The Morgan fingerprint density at radius 2 is 1.67 bits per heavy atom. The highest BCUT2D eigenvalue weighted by Crippen LogP contribution is 2.10. The van der Waals surface area contributed by atoms with Crippen LogP contribution in [0.2, 0.25) is 0 Å². The zero-order valence-corrected chi connectivity index (χ0v) is 10.7. The molecule has 0 radical (unpaired) electrons. The van der Waals surface area contributed by atoms with Crippen LogP contribution in [0.4, 0.5) is 0 Å². The highest BCUT2D eigenvalue weighted by Gasteiger charge is 2.00. The van der Waals surface area contributed by atoms with Gasteiger partial charge in [0.25, 0.3) is 0 Å². The molecule has 0 saturated heterocycles. The molecule has 0 amide bonds. The molecule has 1 nitrogen and oxygen atoms in total. The molecule has 0 heterocycles. The van der Waals surface area contributed by atoms with E-state index >= 15 is 0 Å². The predicted molar refractivity (Wildman–Crippen MR) is 75.7 cm³/mol. The van der Waals surface area contributed by atoms with E-state index in [-0.39, 0.29) is 0 Å². The van der Waals surface area contributed by atoms with Crippen LogP contribution < -0.4 is 0 Å². The fourth-order valence-corrected chi connectivity index (χ4v) is 1.68. The SMILES string of the molecule is C#CCCCCCCC#CC(O)c1ccccc1. The van der Waals surface area contributed by atoms with Gasteiger partial charge in [-0.2, -0.15) is 0 Å². The van der Waals surface area contributed by atoms with Gasteiger partial charge in [0.15, 0.2) is 0 Å². The van der Waals surface area contributed by atoms with Crippen LogP contribution in [0.25, 0.3) is 0 Å². The van der Waals surface area contributed by atoms with E-state index in [9.17, 15) is 5.11 Å². The van der Waals surface area contributed by atoms with E-state index in [1.54, 1.807) is 0 Å². The number of benzene rings is 1. The highest BCUT2D eigenvalue weighted by molar-refractivity contribution is 5.24. The van der Waals surface area contributed by atoms with Crippen molar-refractivity contribution in [2.24, 2.45) is 0 Å². The first kappa shape index (κ1) is 14.4. The molecule has 0 bridgehead atoms. The van der Waals surface area contributed by atoms with E-state index in [4.69, 9.17) is 6.42 Å². The number of hydrogen-bond acceptors (Lipinski definition) is 1.